The van der Waals surface area contributed by atoms with Gasteiger partial charge in [-0.25, -0.2) is 4.79 Å². The van der Waals surface area contributed by atoms with Crippen LogP contribution < -0.4 is 27.0 Å². The Morgan fingerprint density at radius 1 is 1.06 bits per heavy atom. The van der Waals surface area contributed by atoms with Crippen molar-refractivity contribution in [1.29, 1.82) is 0 Å². The van der Waals surface area contributed by atoms with Crippen LogP contribution in [0.4, 0.5) is 21.9 Å². The average Bonchev–Trinajstić information content (AvgIpc) is 2.85. The Labute approximate surface area is 210 Å². The van der Waals surface area contributed by atoms with E-state index in [2.05, 4.69) is 27.8 Å². The van der Waals surface area contributed by atoms with Crippen LogP contribution in [-0.4, -0.2) is 53.8 Å². The molecule has 1 aliphatic rings. The van der Waals surface area contributed by atoms with Crippen molar-refractivity contribution >= 4 is 40.8 Å². The van der Waals surface area contributed by atoms with Gasteiger partial charge in [-0.15, -0.1) is 0 Å². The molecule has 2 aromatic rings. The summed E-state index contributed by atoms with van der Waals surface area (Å²) in [5.74, 6) is -1.18. The first kappa shape index (κ1) is 26.3. The molecule has 1 aliphatic heterocycles. The first-order valence-corrected chi connectivity index (χ1v) is 11.8. The minimum atomic E-state index is -0.592. The second kappa shape index (κ2) is 11.9. The number of rotatable bonds is 8. The number of hydrogen-bond acceptors (Lipinski definition) is 5. The number of piperidine rings is 1. The van der Waals surface area contributed by atoms with Gasteiger partial charge >= 0.3 is 6.03 Å². The Morgan fingerprint density at radius 2 is 1.75 bits per heavy atom. The Balaban J connectivity index is 1.59. The smallest absolute Gasteiger partial charge is 0.321 e. The minimum Gasteiger partial charge on any atom is -0.382 e. The number of benzene rings is 2. The van der Waals surface area contributed by atoms with E-state index in [9.17, 15) is 19.2 Å². The summed E-state index contributed by atoms with van der Waals surface area (Å²) in [6.45, 7) is 8.20. The van der Waals surface area contributed by atoms with Crippen LogP contribution in [0.3, 0.4) is 0 Å². The van der Waals surface area contributed by atoms with Gasteiger partial charge in [0, 0.05) is 47.8 Å². The third-order valence-corrected chi connectivity index (χ3v) is 5.62. The highest BCUT2D eigenvalue weighted by Gasteiger charge is 2.25. The van der Waals surface area contributed by atoms with E-state index < -0.39 is 5.91 Å². The number of carbonyl (C=O) groups is 4. The summed E-state index contributed by atoms with van der Waals surface area (Å²) >= 11 is 0. The fraction of sp³-hybridized carbons (Fsp3) is 0.308. The van der Waals surface area contributed by atoms with Gasteiger partial charge in [0.15, 0.2) is 0 Å². The van der Waals surface area contributed by atoms with E-state index in [1.54, 1.807) is 47.4 Å². The molecule has 6 N–H and O–H groups in total. The summed E-state index contributed by atoms with van der Waals surface area (Å²) in [4.78, 5) is 50.5. The molecule has 5 amide bonds. The van der Waals surface area contributed by atoms with Gasteiger partial charge in [-0.1, -0.05) is 6.58 Å². The van der Waals surface area contributed by atoms with Crippen molar-refractivity contribution in [3.8, 4) is 0 Å². The van der Waals surface area contributed by atoms with Crippen LogP contribution >= 0.6 is 0 Å². The molecule has 190 valence electrons. The maximum absolute atomic E-state index is 12.9. The molecule has 36 heavy (non-hydrogen) atoms. The van der Waals surface area contributed by atoms with Gasteiger partial charge in [0.25, 0.3) is 11.8 Å². The molecule has 3 rings (SSSR count). The van der Waals surface area contributed by atoms with Crippen molar-refractivity contribution in [3.05, 3.63) is 66.2 Å². The number of urea groups is 1. The zero-order valence-corrected chi connectivity index (χ0v) is 20.5. The van der Waals surface area contributed by atoms with Crippen molar-refractivity contribution in [3.63, 3.8) is 0 Å². The highest BCUT2D eigenvalue weighted by atomic mass is 16.2. The fourth-order valence-corrected chi connectivity index (χ4v) is 3.91. The number of carbonyl (C=O) groups excluding carboxylic acids is 4. The van der Waals surface area contributed by atoms with E-state index in [1.165, 1.54) is 6.08 Å². The second-order valence-corrected chi connectivity index (χ2v) is 8.88. The monoisotopic (exact) mass is 492 g/mol. The van der Waals surface area contributed by atoms with Crippen LogP contribution in [0.25, 0.3) is 0 Å². The molecular weight excluding hydrogens is 460 g/mol. The SMILES string of the molecule is C=CC(=O)Nc1ccc(C(=O)N[C@@H]2CCCN(C(=O)Nc3ccc(NC(C)C)c(C(N)=O)c3)C2)cc1. The molecule has 1 atom stereocenters. The standard InChI is InChI=1S/C26H32N6O4/c1-4-23(33)29-18-9-7-17(8-10-18)25(35)30-20-6-5-13-32(15-20)26(36)31-19-11-12-22(28-16(2)3)21(14-19)24(27)34/h4,7-12,14,16,20,28H,1,5-6,13,15H2,2-3H3,(H2,27,34)(H,29,33)(H,30,35)(H,31,36)/t20-/m1/s1. The Hall–Kier alpha value is -4.34. The normalized spacial score (nSPS) is 15.1. The summed E-state index contributed by atoms with van der Waals surface area (Å²) in [7, 11) is 0. The Morgan fingerprint density at radius 3 is 2.39 bits per heavy atom. The summed E-state index contributed by atoms with van der Waals surface area (Å²) < 4.78 is 0. The van der Waals surface area contributed by atoms with E-state index in [0.29, 0.717) is 41.3 Å². The van der Waals surface area contributed by atoms with E-state index in [4.69, 9.17) is 5.73 Å². The van der Waals surface area contributed by atoms with Crippen molar-refractivity contribution in [2.24, 2.45) is 5.73 Å². The molecule has 2 aromatic carbocycles. The van der Waals surface area contributed by atoms with Gasteiger partial charge in [0.05, 0.1) is 5.56 Å². The second-order valence-electron chi connectivity index (χ2n) is 8.88. The van der Waals surface area contributed by atoms with Crippen molar-refractivity contribution in [2.45, 2.75) is 38.8 Å². The van der Waals surface area contributed by atoms with Crippen molar-refractivity contribution < 1.29 is 19.2 Å². The largest absolute Gasteiger partial charge is 0.382 e. The quantitative estimate of drug-likeness (QED) is 0.359. The maximum atomic E-state index is 12.9. The van der Waals surface area contributed by atoms with Crippen molar-refractivity contribution in [1.82, 2.24) is 10.2 Å². The number of nitrogens with two attached hydrogens (primary N) is 1. The molecular formula is C26H32N6O4. The zero-order valence-electron chi connectivity index (χ0n) is 20.5. The number of amides is 5. The zero-order chi connectivity index (χ0) is 26.2. The number of nitrogens with one attached hydrogen (secondary N) is 4. The van der Waals surface area contributed by atoms with Crippen LogP contribution in [0, 0.1) is 0 Å². The van der Waals surface area contributed by atoms with Gasteiger partial charge in [0.2, 0.25) is 5.91 Å². The van der Waals surface area contributed by atoms with Crippen LogP contribution in [0.15, 0.2) is 55.1 Å². The molecule has 0 aliphatic carbocycles. The lowest BCUT2D eigenvalue weighted by molar-refractivity contribution is -0.111. The first-order valence-electron chi connectivity index (χ1n) is 11.8. The predicted octanol–water partition coefficient (Wildman–Crippen LogP) is 3.16. The number of hydrogen-bond donors (Lipinski definition) is 5. The molecule has 0 unspecified atom stereocenters. The summed E-state index contributed by atoms with van der Waals surface area (Å²) in [6, 6.07) is 11.1. The molecule has 0 radical (unpaired) electrons. The first-order chi connectivity index (χ1) is 17.2. The minimum absolute atomic E-state index is 0.111. The number of primary amides is 1. The van der Waals surface area contributed by atoms with Crippen LogP contribution in [0.1, 0.15) is 47.4 Å². The molecule has 0 spiro atoms. The summed E-state index contributed by atoms with van der Waals surface area (Å²) in [6.07, 6.45) is 2.64. The summed E-state index contributed by atoms with van der Waals surface area (Å²) in [5, 5.41) is 11.6. The molecule has 10 heteroatoms. The lowest BCUT2D eigenvalue weighted by Crippen LogP contribution is -2.50. The van der Waals surface area contributed by atoms with Gasteiger partial charge < -0.3 is 31.9 Å². The molecule has 0 bridgehead atoms. The van der Waals surface area contributed by atoms with Gasteiger partial charge in [-0.2, -0.15) is 0 Å². The number of likely N-dealkylation sites (tertiary alicyclic amines) is 1. The van der Waals surface area contributed by atoms with Gasteiger partial charge in [-0.05, 0) is 75.2 Å². The topological polar surface area (TPSA) is 146 Å². The molecule has 10 nitrogen and oxygen atoms in total. The third kappa shape index (κ3) is 7.08. The molecule has 1 heterocycles. The fourth-order valence-electron chi connectivity index (χ4n) is 3.91. The molecule has 0 saturated carbocycles. The van der Waals surface area contributed by atoms with E-state index in [-0.39, 0.29) is 29.9 Å². The van der Waals surface area contributed by atoms with E-state index in [0.717, 1.165) is 12.8 Å². The average molecular weight is 493 g/mol. The van der Waals surface area contributed by atoms with Gasteiger partial charge in [0.1, 0.15) is 0 Å². The maximum Gasteiger partial charge on any atom is 0.321 e. The van der Waals surface area contributed by atoms with Crippen molar-refractivity contribution in [2.75, 3.05) is 29.0 Å². The van der Waals surface area contributed by atoms with Crippen LogP contribution in [-0.2, 0) is 4.79 Å². The van der Waals surface area contributed by atoms with Gasteiger partial charge in [-0.3, -0.25) is 14.4 Å². The highest BCUT2D eigenvalue weighted by Crippen LogP contribution is 2.22. The predicted molar refractivity (Wildman–Crippen MR) is 140 cm³/mol. The van der Waals surface area contributed by atoms with E-state index in [1.807, 2.05) is 13.8 Å². The van der Waals surface area contributed by atoms with E-state index >= 15 is 0 Å². The molecule has 1 saturated heterocycles. The molecule has 1 fully saturated rings. The Bertz CT molecular complexity index is 1150. The lowest BCUT2D eigenvalue weighted by Gasteiger charge is -2.33. The number of nitrogens with zero attached hydrogens (tertiary/aromatic N) is 1. The Kier molecular flexibility index (Phi) is 8.66. The number of anilines is 3. The highest BCUT2D eigenvalue weighted by molar-refractivity contribution is 6.01. The lowest BCUT2D eigenvalue weighted by atomic mass is 10.1. The third-order valence-electron chi connectivity index (χ3n) is 5.62. The van der Waals surface area contributed by atoms with Crippen LogP contribution in [0.2, 0.25) is 0 Å². The molecule has 0 aromatic heterocycles. The summed E-state index contributed by atoms with van der Waals surface area (Å²) in [5.41, 5.74) is 7.88. The van der Waals surface area contributed by atoms with Crippen LogP contribution in [0.5, 0.6) is 0 Å².